The molecule has 1 aliphatic carbocycles. The van der Waals surface area contributed by atoms with E-state index in [1.807, 2.05) is 0 Å². The number of hydrogen-bond acceptors (Lipinski definition) is 4. The van der Waals surface area contributed by atoms with E-state index in [2.05, 4.69) is 10.3 Å². The monoisotopic (exact) mass is 350 g/mol. The third-order valence-corrected chi connectivity index (χ3v) is 5.00. The number of hydrogen-bond donors (Lipinski definition) is 1. The molecule has 0 atom stereocenters. The SMILES string of the molecule is CN1C(=O)N(CC(=O)Nc2ccc(Cl)cn2)C(=O)C12CCCCC2. The summed E-state index contributed by atoms with van der Waals surface area (Å²) in [4.78, 5) is 43.9. The highest BCUT2D eigenvalue weighted by molar-refractivity contribution is 6.30. The number of nitrogens with zero attached hydrogens (tertiary/aromatic N) is 3. The number of carbonyl (C=O) groups excluding carboxylic acids is 3. The van der Waals surface area contributed by atoms with E-state index in [0.717, 1.165) is 24.2 Å². The first-order valence-electron chi connectivity index (χ1n) is 7.95. The van der Waals surface area contributed by atoms with Crippen LogP contribution in [0, 0.1) is 0 Å². The van der Waals surface area contributed by atoms with E-state index in [-0.39, 0.29) is 12.5 Å². The van der Waals surface area contributed by atoms with E-state index in [1.54, 1.807) is 19.2 Å². The molecule has 128 valence electrons. The first kappa shape index (κ1) is 16.7. The highest BCUT2D eigenvalue weighted by Gasteiger charge is 2.55. The summed E-state index contributed by atoms with van der Waals surface area (Å²) in [5.41, 5.74) is -0.770. The molecule has 0 radical (unpaired) electrons. The predicted octanol–water partition coefficient (Wildman–Crippen LogP) is 2.27. The van der Waals surface area contributed by atoms with Crippen LogP contribution < -0.4 is 5.32 Å². The van der Waals surface area contributed by atoms with Crippen molar-refractivity contribution in [2.75, 3.05) is 18.9 Å². The average molecular weight is 351 g/mol. The van der Waals surface area contributed by atoms with Gasteiger partial charge in [0.2, 0.25) is 5.91 Å². The van der Waals surface area contributed by atoms with Crippen LogP contribution in [0.1, 0.15) is 32.1 Å². The van der Waals surface area contributed by atoms with Crippen LogP contribution in [-0.2, 0) is 9.59 Å². The number of aromatic nitrogens is 1. The molecule has 1 spiro atoms. The molecule has 1 aliphatic heterocycles. The van der Waals surface area contributed by atoms with E-state index in [1.165, 1.54) is 11.1 Å². The summed E-state index contributed by atoms with van der Waals surface area (Å²) < 4.78 is 0. The summed E-state index contributed by atoms with van der Waals surface area (Å²) in [7, 11) is 1.64. The Balaban J connectivity index is 1.70. The molecule has 8 heteroatoms. The zero-order valence-electron chi connectivity index (χ0n) is 13.4. The molecule has 4 amide bonds. The smallest absolute Gasteiger partial charge is 0.313 e. The van der Waals surface area contributed by atoms with E-state index in [0.29, 0.717) is 23.7 Å². The van der Waals surface area contributed by atoms with Gasteiger partial charge in [-0.05, 0) is 25.0 Å². The second-order valence-electron chi connectivity index (χ2n) is 6.23. The molecule has 0 bridgehead atoms. The lowest BCUT2D eigenvalue weighted by atomic mass is 9.81. The molecule has 2 heterocycles. The minimum absolute atomic E-state index is 0.270. The number of rotatable bonds is 3. The summed E-state index contributed by atoms with van der Waals surface area (Å²) in [6, 6.07) is 2.74. The number of carbonyl (C=O) groups is 3. The maximum atomic E-state index is 12.8. The number of nitrogens with one attached hydrogen (secondary N) is 1. The van der Waals surface area contributed by atoms with Crippen LogP contribution in [0.15, 0.2) is 18.3 Å². The van der Waals surface area contributed by atoms with Gasteiger partial charge in [0.15, 0.2) is 0 Å². The average Bonchev–Trinajstić information content (AvgIpc) is 2.74. The zero-order valence-corrected chi connectivity index (χ0v) is 14.2. The van der Waals surface area contributed by atoms with Crippen LogP contribution >= 0.6 is 11.6 Å². The topological polar surface area (TPSA) is 82.6 Å². The van der Waals surface area contributed by atoms with Crippen molar-refractivity contribution >= 4 is 35.3 Å². The van der Waals surface area contributed by atoms with Crippen molar-refractivity contribution < 1.29 is 14.4 Å². The Bertz CT molecular complexity index is 670. The standard InChI is InChI=1S/C16H19ClN4O3/c1-20-15(24)21(14(23)16(20)7-3-2-4-8-16)10-13(22)19-12-6-5-11(17)9-18-12/h5-6,9H,2-4,7-8,10H2,1H3,(H,18,19,22). The first-order valence-corrected chi connectivity index (χ1v) is 8.33. The van der Waals surface area contributed by atoms with Crippen molar-refractivity contribution in [3.05, 3.63) is 23.4 Å². The predicted molar refractivity (Wildman–Crippen MR) is 88.6 cm³/mol. The second kappa shape index (κ2) is 6.39. The molecule has 2 aliphatic rings. The lowest BCUT2D eigenvalue weighted by Crippen LogP contribution is -2.49. The van der Waals surface area contributed by atoms with Gasteiger partial charge in [-0.2, -0.15) is 0 Å². The van der Waals surface area contributed by atoms with Crippen molar-refractivity contribution in [2.24, 2.45) is 0 Å². The molecule has 7 nitrogen and oxygen atoms in total. The Morgan fingerprint density at radius 3 is 2.62 bits per heavy atom. The summed E-state index contributed by atoms with van der Waals surface area (Å²) in [5.74, 6) is -0.411. The molecular formula is C16H19ClN4O3. The van der Waals surface area contributed by atoms with Crippen molar-refractivity contribution in [1.29, 1.82) is 0 Å². The summed E-state index contributed by atoms with van der Waals surface area (Å²) >= 11 is 5.74. The van der Waals surface area contributed by atoms with Crippen LogP contribution in [0.4, 0.5) is 10.6 Å². The quantitative estimate of drug-likeness (QED) is 0.848. The van der Waals surface area contributed by atoms with Crippen LogP contribution in [0.3, 0.4) is 0 Å². The molecule has 1 saturated carbocycles. The molecule has 1 aromatic heterocycles. The largest absolute Gasteiger partial charge is 0.327 e. The van der Waals surface area contributed by atoms with E-state index in [9.17, 15) is 14.4 Å². The molecule has 24 heavy (non-hydrogen) atoms. The van der Waals surface area contributed by atoms with Gasteiger partial charge in [0.1, 0.15) is 17.9 Å². The minimum Gasteiger partial charge on any atom is -0.313 e. The summed E-state index contributed by atoms with van der Waals surface area (Å²) in [6.07, 6.45) is 5.62. The normalized spacial score (nSPS) is 19.9. The van der Waals surface area contributed by atoms with Gasteiger partial charge in [-0.15, -0.1) is 0 Å². The van der Waals surface area contributed by atoms with Gasteiger partial charge in [0, 0.05) is 13.2 Å². The van der Waals surface area contributed by atoms with Gasteiger partial charge >= 0.3 is 6.03 Å². The number of halogens is 1. The van der Waals surface area contributed by atoms with Crippen LogP contribution in [0.5, 0.6) is 0 Å². The minimum atomic E-state index is -0.770. The van der Waals surface area contributed by atoms with Crippen molar-refractivity contribution in [1.82, 2.24) is 14.8 Å². The lowest BCUT2D eigenvalue weighted by molar-refractivity contribution is -0.136. The van der Waals surface area contributed by atoms with Crippen LogP contribution in [0.25, 0.3) is 0 Å². The Labute approximate surface area is 145 Å². The van der Waals surface area contributed by atoms with Gasteiger partial charge in [-0.1, -0.05) is 30.9 Å². The van der Waals surface area contributed by atoms with E-state index < -0.39 is 17.5 Å². The number of urea groups is 1. The number of anilines is 1. The fourth-order valence-electron chi connectivity index (χ4n) is 3.45. The molecule has 0 aromatic carbocycles. The Hall–Kier alpha value is -2.15. The third kappa shape index (κ3) is 2.84. The molecular weight excluding hydrogens is 332 g/mol. The van der Waals surface area contributed by atoms with Crippen molar-refractivity contribution in [3.8, 4) is 0 Å². The Morgan fingerprint density at radius 2 is 2.00 bits per heavy atom. The fourth-order valence-corrected chi connectivity index (χ4v) is 3.56. The molecule has 3 rings (SSSR count). The molecule has 1 saturated heterocycles. The van der Waals surface area contributed by atoms with Crippen molar-refractivity contribution in [3.63, 3.8) is 0 Å². The molecule has 2 fully saturated rings. The van der Waals surface area contributed by atoms with Crippen molar-refractivity contribution in [2.45, 2.75) is 37.6 Å². The van der Waals surface area contributed by atoms with Gasteiger partial charge in [-0.25, -0.2) is 9.78 Å². The van der Waals surface area contributed by atoms with E-state index in [4.69, 9.17) is 11.6 Å². The first-order chi connectivity index (χ1) is 11.4. The summed E-state index contributed by atoms with van der Waals surface area (Å²) in [6.45, 7) is -0.311. The fraction of sp³-hybridized carbons (Fsp3) is 0.500. The van der Waals surface area contributed by atoms with Crippen LogP contribution in [0.2, 0.25) is 5.02 Å². The summed E-state index contributed by atoms with van der Waals surface area (Å²) in [5, 5.41) is 3.03. The van der Waals surface area contributed by atoms with Gasteiger partial charge in [0.25, 0.3) is 5.91 Å². The Morgan fingerprint density at radius 1 is 1.29 bits per heavy atom. The molecule has 1 aromatic rings. The third-order valence-electron chi connectivity index (χ3n) is 4.78. The number of pyridine rings is 1. The van der Waals surface area contributed by atoms with Gasteiger partial charge in [-0.3, -0.25) is 14.5 Å². The highest BCUT2D eigenvalue weighted by Crippen LogP contribution is 2.39. The van der Waals surface area contributed by atoms with Gasteiger partial charge in [0.05, 0.1) is 5.02 Å². The Kier molecular flexibility index (Phi) is 4.45. The maximum Gasteiger partial charge on any atom is 0.327 e. The highest BCUT2D eigenvalue weighted by atomic mass is 35.5. The number of amides is 4. The zero-order chi connectivity index (χ0) is 17.3. The lowest BCUT2D eigenvalue weighted by Gasteiger charge is -2.35. The molecule has 0 unspecified atom stereocenters. The maximum absolute atomic E-state index is 12.8. The number of imide groups is 1. The second-order valence-corrected chi connectivity index (χ2v) is 6.67. The van der Waals surface area contributed by atoms with Gasteiger partial charge < -0.3 is 10.2 Å². The van der Waals surface area contributed by atoms with Crippen LogP contribution in [-0.4, -0.2) is 51.8 Å². The molecule has 1 N–H and O–H groups in total. The number of likely N-dealkylation sites (N-methyl/N-ethyl adjacent to an activating group) is 1. The van der Waals surface area contributed by atoms with E-state index >= 15 is 0 Å².